The molecule has 2 N–H and O–H groups in total. The van der Waals surface area contributed by atoms with Crippen molar-refractivity contribution in [3.05, 3.63) is 64.3 Å². The summed E-state index contributed by atoms with van der Waals surface area (Å²) in [4.78, 5) is 15.6. The molecule has 2 aromatic carbocycles. The molecule has 0 radical (unpaired) electrons. The van der Waals surface area contributed by atoms with Gasteiger partial charge in [0.05, 0.1) is 7.11 Å². The van der Waals surface area contributed by atoms with Gasteiger partial charge in [0, 0.05) is 22.5 Å². The molecule has 0 atom stereocenters. The molecule has 1 aromatic heterocycles. The van der Waals surface area contributed by atoms with E-state index < -0.39 is 0 Å². The van der Waals surface area contributed by atoms with Crippen LogP contribution in [0.4, 0.5) is 0 Å². The molecule has 0 saturated carbocycles. The predicted molar refractivity (Wildman–Crippen MR) is 97.1 cm³/mol. The fraction of sp³-hybridized carbons (Fsp3) is 0.211. The van der Waals surface area contributed by atoms with Crippen LogP contribution < -0.4 is 10.1 Å². The van der Waals surface area contributed by atoms with Gasteiger partial charge in [-0.05, 0) is 54.8 Å². The van der Waals surface area contributed by atoms with Crippen molar-refractivity contribution in [2.24, 2.45) is 0 Å². The number of hydrogen-bond acceptors (Lipinski definition) is 2. The number of rotatable bonds is 5. The van der Waals surface area contributed by atoms with Crippen LogP contribution >= 0.6 is 11.6 Å². The number of aryl methyl sites for hydroxylation is 1. The highest BCUT2D eigenvalue weighted by Gasteiger charge is 2.14. The van der Waals surface area contributed by atoms with Gasteiger partial charge in [-0.15, -0.1) is 0 Å². The summed E-state index contributed by atoms with van der Waals surface area (Å²) in [6.45, 7) is 2.49. The second-order valence-corrected chi connectivity index (χ2v) is 6.11. The maximum atomic E-state index is 12.4. The number of H-pyrrole nitrogens is 1. The normalized spacial score (nSPS) is 10.8. The molecule has 0 fully saturated rings. The lowest BCUT2D eigenvalue weighted by Gasteiger charge is -2.05. The molecule has 0 saturated heterocycles. The summed E-state index contributed by atoms with van der Waals surface area (Å²) in [5.74, 6) is 0.669. The van der Waals surface area contributed by atoms with Crippen molar-refractivity contribution >= 4 is 28.4 Å². The van der Waals surface area contributed by atoms with Gasteiger partial charge in [-0.2, -0.15) is 0 Å². The number of carbonyl (C=O) groups is 1. The van der Waals surface area contributed by atoms with E-state index in [4.69, 9.17) is 16.3 Å². The van der Waals surface area contributed by atoms with Gasteiger partial charge in [0.15, 0.2) is 0 Å². The Morgan fingerprint density at radius 2 is 2.08 bits per heavy atom. The van der Waals surface area contributed by atoms with Crippen molar-refractivity contribution in [2.75, 3.05) is 13.7 Å². The summed E-state index contributed by atoms with van der Waals surface area (Å²) >= 11 is 5.97. The SMILES string of the molecule is COc1ccc2[nH]c(C(=O)NCCc3cccc(Cl)c3)c(C)c2c1. The van der Waals surface area contributed by atoms with Crippen LogP contribution in [0.3, 0.4) is 0 Å². The van der Waals surface area contributed by atoms with Crippen molar-refractivity contribution in [1.82, 2.24) is 10.3 Å². The Balaban J connectivity index is 1.71. The van der Waals surface area contributed by atoms with Crippen LogP contribution in [0.1, 0.15) is 21.6 Å². The number of aromatic amines is 1. The summed E-state index contributed by atoms with van der Waals surface area (Å²) in [7, 11) is 1.63. The lowest BCUT2D eigenvalue weighted by atomic mass is 10.1. The molecule has 0 spiro atoms. The summed E-state index contributed by atoms with van der Waals surface area (Å²) in [5.41, 5.74) is 3.53. The second kappa shape index (κ2) is 6.97. The van der Waals surface area contributed by atoms with Crippen molar-refractivity contribution in [2.45, 2.75) is 13.3 Å². The number of ether oxygens (including phenoxy) is 1. The van der Waals surface area contributed by atoms with Crippen molar-refractivity contribution in [3.63, 3.8) is 0 Å². The monoisotopic (exact) mass is 342 g/mol. The quantitative estimate of drug-likeness (QED) is 0.733. The third kappa shape index (κ3) is 3.39. The van der Waals surface area contributed by atoms with Crippen molar-refractivity contribution < 1.29 is 9.53 Å². The first-order valence-electron chi connectivity index (χ1n) is 7.77. The Labute approximate surface area is 145 Å². The van der Waals surface area contributed by atoms with Gasteiger partial charge in [-0.3, -0.25) is 4.79 Å². The number of amides is 1. The lowest BCUT2D eigenvalue weighted by Crippen LogP contribution is -2.26. The zero-order valence-electron chi connectivity index (χ0n) is 13.7. The number of hydrogen-bond donors (Lipinski definition) is 2. The number of halogens is 1. The Kier molecular flexibility index (Phi) is 4.76. The summed E-state index contributed by atoms with van der Waals surface area (Å²) in [5, 5.41) is 4.66. The predicted octanol–water partition coefficient (Wildman–Crippen LogP) is 4.11. The minimum atomic E-state index is -0.107. The number of methoxy groups -OCH3 is 1. The molecule has 1 heterocycles. The average Bonchev–Trinajstić information content (AvgIpc) is 2.91. The second-order valence-electron chi connectivity index (χ2n) is 5.67. The Bertz CT molecular complexity index is 886. The Morgan fingerprint density at radius 1 is 1.25 bits per heavy atom. The number of carbonyl (C=O) groups excluding carboxylic acids is 1. The smallest absolute Gasteiger partial charge is 0.268 e. The zero-order valence-corrected chi connectivity index (χ0v) is 14.4. The van der Waals surface area contributed by atoms with Crippen LogP contribution in [0.15, 0.2) is 42.5 Å². The molecule has 0 aliphatic heterocycles. The van der Waals surface area contributed by atoms with Crippen LogP contribution in [-0.4, -0.2) is 24.5 Å². The molecule has 5 heteroatoms. The largest absolute Gasteiger partial charge is 0.497 e. The molecule has 0 aliphatic rings. The highest BCUT2D eigenvalue weighted by Crippen LogP contribution is 2.25. The van der Waals surface area contributed by atoms with Gasteiger partial charge in [-0.1, -0.05) is 23.7 Å². The zero-order chi connectivity index (χ0) is 17.1. The molecule has 1 amide bonds. The van der Waals surface area contributed by atoms with E-state index in [-0.39, 0.29) is 5.91 Å². The van der Waals surface area contributed by atoms with Crippen molar-refractivity contribution in [1.29, 1.82) is 0 Å². The van der Waals surface area contributed by atoms with E-state index in [1.165, 1.54) is 0 Å². The van der Waals surface area contributed by atoms with E-state index >= 15 is 0 Å². The van der Waals surface area contributed by atoms with Crippen molar-refractivity contribution in [3.8, 4) is 5.75 Å². The van der Waals surface area contributed by atoms with E-state index in [1.54, 1.807) is 7.11 Å². The number of nitrogens with one attached hydrogen (secondary N) is 2. The first-order chi connectivity index (χ1) is 11.6. The van der Waals surface area contributed by atoms with Gasteiger partial charge < -0.3 is 15.0 Å². The molecule has 4 nitrogen and oxygen atoms in total. The highest BCUT2D eigenvalue weighted by atomic mass is 35.5. The average molecular weight is 343 g/mol. The maximum absolute atomic E-state index is 12.4. The minimum absolute atomic E-state index is 0.107. The fourth-order valence-electron chi connectivity index (χ4n) is 2.76. The number of benzene rings is 2. The van der Waals surface area contributed by atoms with E-state index in [0.29, 0.717) is 17.3 Å². The lowest BCUT2D eigenvalue weighted by molar-refractivity contribution is 0.0949. The van der Waals surface area contributed by atoms with E-state index in [1.807, 2.05) is 49.4 Å². The first kappa shape index (κ1) is 16.4. The van der Waals surface area contributed by atoms with Crippen LogP contribution in [-0.2, 0) is 6.42 Å². The summed E-state index contributed by atoms with van der Waals surface area (Å²) in [6.07, 6.45) is 0.736. The van der Waals surface area contributed by atoms with E-state index in [9.17, 15) is 4.79 Å². The van der Waals surface area contributed by atoms with Gasteiger partial charge in [0.25, 0.3) is 5.91 Å². The molecule has 3 rings (SSSR count). The van der Waals surface area contributed by atoms with Gasteiger partial charge in [0.1, 0.15) is 11.4 Å². The molecule has 3 aromatic rings. The number of aromatic nitrogens is 1. The maximum Gasteiger partial charge on any atom is 0.268 e. The third-order valence-electron chi connectivity index (χ3n) is 4.08. The molecule has 124 valence electrons. The topological polar surface area (TPSA) is 54.1 Å². The molecule has 0 bridgehead atoms. The van der Waals surface area contributed by atoms with Gasteiger partial charge >= 0.3 is 0 Å². The fourth-order valence-corrected chi connectivity index (χ4v) is 2.97. The molecule has 0 aliphatic carbocycles. The third-order valence-corrected chi connectivity index (χ3v) is 4.32. The highest BCUT2D eigenvalue weighted by molar-refractivity contribution is 6.30. The van der Waals surface area contributed by atoms with Gasteiger partial charge in [0.2, 0.25) is 0 Å². The number of fused-ring (bicyclic) bond motifs is 1. The molecular formula is C19H19ClN2O2. The molecule has 24 heavy (non-hydrogen) atoms. The summed E-state index contributed by atoms with van der Waals surface area (Å²) < 4.78 is 5.25. The molecule has 0 unspecified atom stereocenters. The van der Waals surface area contributed by atoms with Crippen LogP contribution in [0, 0.1) is 6.92 Å². The van der Waals surface area contributed by atoms with Crippen LogP contribution in [0.25, 0.3) is 10.9 Å². The summed E-state index contributed by atoms with van der Waals surface area (Å²) in [6, 6.07) is 13.4. The first-order valence-corrected chi connectivity index (χ1v) is 8.15. The van der Waals surface area contributed by atoms with Gasteiger partial charge in [-0.25, -0.2) is 0 Å². The standard InChI is InChI=1S/C19H19ClN2O2/c1-12-16-11-15(24-2)6-7-17(16)22-18(12)19(23)21-9-8-13-4-3-5-14(20)10-13/h3-7,10-11,22H,8-9H2,1-2H3,(H,21,23). The van der Waals surface area contributed by atoms with Crippen LogP contribution in [0.5, 0.6) is 5.75 Å². The minimum Gasteiger partial charge on any atom is -0.497 e. The Hall–Kier alpha value is -2.46. The van der Waals surface area contributed by atoms with E-state index in [2.05, 4.69) is 10.3 Å². The Morgan fingerprint density at radius 3 is 2.83 bits per heavy atom. The van der Waals surface area contributed by atoms with Crippen LogP contribution in [0.2, 0.25) is 5.02 Å². The van der Waals surface area contributed by atoms with E-state index in [0.717, 1.165) is 34.2 Å². The molecular weight excluding hydrogens is 324 g/mol.